The van der Waals surface area contributed by atoms with Crippen LogP contribution in [0.5, 0.6) is 23.0 Å². The Bertz CT molecular complexity index is 1970. The highest BCUT2D eigenvalue weighted by molar-refractivity contribution is 6.16. The number of nitrogens with zero attached hydrogens (tertiary/aromatic N) is 2. The maximum atomic E-state index is 15.4. The lowest BCUT2D eigenvalue weighted by Gasteiger charge is -2.35. The van der Waals surface area contributed by atoms with E-state index in [0.29, 0.717) is 60.9 Å². The molecule has 1 saturated heterocycles. The molecule has 1 aliphatic heterocycles. The fourth-order valence-corrected chi connectivity index (χ4v) is 6.06. The molecule has 1 aliphatic carbocycles. The van der Waals surface area contributed by atoms with Crippen LogP contribution in [0.4, 0.5) is 25.0 Å². The number of carbonyl (C=O) groups excluding carboxylic acids is 3. The van der Waals surface area contributed by atoms with Crippen LogP contribution in [0.25, 0.3) is 10.8 Å². The van der Waals surface area contributed by atoms with E-state index in [2.05, 4.69) is 15.5 Å². The molecule has 0 spiro atoms. The highest BCUT2D eigenvalue weighted by Gasteiger charge is 2.56. The summed E-state index contributed by atoms with van der Waals surface area (Å²) in [5.41, 5.74) is -1.26. The van der Waals surface area contributed by atoms with Crippen LogP contribution >= 0.6 is 0 Å². The minimum atomic E-state index is -1.29. The second kappa shape index (κ2) is 15.7. The Morgan fingerprint density at radius 1 is 0.792 bits per heavy atom. The summed E-state index contributed by atoms with van der Waals surface area (Å²) < 4.78 is 51.9. The summed E-state index contributed by atoms with van der Waals surface area (Å²) in [4.78, 5) is 42.4. The molecule has 13 heteroatoms. The minimum absolute atomic E-state index is 0.0584. The van der Waals surface area contributed by atoms with Crippen LogP contribution < -0.4 is 24.8 Å². The van der Waals surface area contributed by atoms with Gasteiger partial charge in [-0.2, -0.15) is 0 Å². The van der Waals surface area contributed by atoms with Crippen LogP contribution in [0.2, 0.25) is 0 Å². The number of benzene rings is 4. The number of hydrogen-bond donors (Lipinski definition) is 2. The fraction of sp³-hybridized carbons (Fsp3) is 0.375. The van der Waals surface area contributed by atoms with Gasteiger partial charge in [0.25, 0.3) is 0 Å². The maximum Gasteiger partial charge on any atom is 0.410 e. The number of fused-ring (bicyclic) bond motifs is 1. The molecule has 0 radical (unpaired) electrons. The molecule has 6 rings (SSSR count). The topological polar surface area (TPSA) is 119 Å². The number of rotatable bonds is 12. The highest BCUT2D eigenvalue weighted by Crippen LogP contribution is 2.48. The Kier molecular flexibility index (Phi) is 11.0. The molecule has 1 saturated carbocycles. The molecular formula is C40H44F2N4O7. The van der Waals surface area contributed by atoms with Crippen LogP contribution in [0, 0.1) is 17.0 Å². The largest absolute Gasteiger partial charge is 0.493 e. The lowest BCUT2D eigenvalue weighted by molar-refractivity contribution is -0.131. The summed E-state index contributed by atoms with van der Waals surface area (Å²) in [6.45, 7) is 9.62. The molecule has 4 aromatic carbocycles. The van der Waals surface area contributed by atoms with Crippen LogP contribution in [-0.2, 0) is 14.3 Å². The number of piperazine rings is 1. The molecule has 0 bridgehead atoms. The first-order chi connectivity index (χ1) is 25.3. The van der Waals surface area contributed by atoms with Crippen molar-refractivity contribution >= 4 is 40.1 Å². The molecule has 4 aromatic rings. The quantitative estimate of drug-likeness (QED) is 0.113. The van der Waals surface area contributed by atoms with Crippen molar-refractivity contribution < 1.29 is 42.1 Å². The predicted molar refractivity (Wildman–Crippen MR) is 197 cm³/mol. The van der Waals surface area contributed by atoms with Gasteiger partial charge >= 0.3 is 6.09 Å². The normalized spacial score (nSPS) is 15.4. The van der Waals surface area contributed by atoms with E-state index < -0.39 is 34.5 Å². The molecule has 2 fully saturated rings. The van der Waals surface area contributed by atoms with Crippen LogP contribution in [-0.4, -0.2) is 79.7 Å². The van der Waals surface area contributed by atoms with Crippen LogP contribution in [0.1, 0.15) is 40.0 Å². The first-order valence-corrected chi connectivity index (χ1v) is 17.6. The molecule has 11 nitrogen and oxygen atoms in total. The third kappa shape index (κ3) is 9.15. The van der Waals surface area contributed by atoms with Gasteiger partial charge in [-0.05, 0) is 100 Å². The van der Waals surface area contributed by atoms with Crippen molar-refractivity contribution in [3.05, 3.63) is 84.4 Å². The van der Waals surface area contributed by atoms with E-state index in [1.807, 2.05) is 32.9 Å². The van der Waals surface area contributed by atoms with Crippen molar-refractivity contribution in [2.24, 2.45) is 5.41 Å². The first kappa shape index (κ1) is 37.3. The summed E-state index contributed by atoms with van der Waals surface area (Å²) in [5, 5.41) is 6.78. The van der Waals surface area contributed by atoms with Gasteiger partial charge in [-0.25, -0.2) is 13.6 Å². The van der Waals surface area contributed by atoms with Crippen molar-refractivity contribution in [2.45, 2.75) is 45.6 Å². The molecule has 1 heterocycles. The van der Waals surface area contributed by atoms with E-state index >= 15 is 4.39 Å². The zero-order valence-corrected chi connectivity index (χ0v) is 30.3. The second-order valence-electron chi connectivity index (χ2n) is 14.2. The number of methoxy groups -OCH3 is 1. The molecule has 0 unspecified atom stereocenters. The average molecular weight is 731 g/mol. The Balaban J connectivity index is 1.03. The maximum absolute atomic E-state index is 15.4. The van der Waals surface area contributed by atoms with E-state index in [-0.39, 0.29) is 17.5 Å². The Morgan fingerprint density at radius 3 is 2.11 bits per heavy atom. The van der Waals surface area contributed by atoms with Crippen molar-refractivity contribution in [1.29, 1.82) is 0 Å². The van der Waals surface area contributed by atoms with Gasteiger partial charge in [-0.1, -0.05) is 12.1 Å². The fourth-order valence-electron chi connectivity index (χ4n) is 6.06. The Labute approximate surface area is 307 Å². The Morgan fingerprint density at radius 2 is 1.47 bits per heavy atom. The average Bonchev–Trinajstić information content (AvgIpc) is 3.94. The second-order valence-corrected chi connectivity index (χ2v) is 14.2. The summed E-state index contributed by atoms with van der Waals surface area (Å²) in [6, 6.07) is 18.4. The molecule has 2 N–H and O–H groups in total. The third-order valence-corrected chi connectivity index (χ3v) is 9.16. The SMILES string of the molecule is COc1cc2c(Oc3ccc(NC(=O)C4(C(=O)Nc5ccc(F)cc5)CC4)cc3F)cccc2cc1OCCCN1CCN(C(=O)OC(C)(C)C)CC1. The van der Waals surface area contributed by atoms with E-state index in [9.17, 15) is 18.8 Å². The van der Waals surface area contributed by atoms with Crippen molar-refractivity contribution in [2.75, 3.05) is 57.1 Å². The molecular weight excluding hydrogens is 686 g/mol. The minimum Gasteiger partial charge on any atom is -0.493 e. The van der Waals surface area contributed by atoms with Gasteiger partial charge in [-0.15, -0.1) is 0 Å². The number of ether oxygens (including phenoxy) is 4. The standard InChI is InChI=1S/C40H44F2N4O7/c1-39(2,3)53-38(49)46-20-18-45(19-21-46)17-6-22-51-35-23-26-7-5-8-32(30(26)25-34(35)50-4)52-33-14-13-29(24-31(33)42)44-37(48)40(15-16-40)36(47)43-28-11-9-27(41)10-12-28/h5,7-14,23-25H,6,15-22H2,1-4H3,(H,43,47)(H,44,48). The van der Waals surface area contributed by atoms with E-state index in [1.54, 1.807) is 30.2 Å². The summed E-state index contributed by atoms with van der Waals surface area (Å²) in [6.07, 6.45) is 1.17. The van der Waals surface area contributed by atoms with Gasteiger partial charge in [0.2, 0.25) is 11.8 Å². The van der Waals surface area contributed by atoms with E-state index in [1.165, 1.54) is 36.4 Å². The van der Waals surface area contributed by atoms with Crippen LogP contribution in [0.3, 0.4) is 0 Å². The van der Waals surface area contributed by atoms with Gasteiger partial charge in [-0.3, -0.25) is 14.5 Å². The number of nitrogens with one attached hydrogen (secondary N) is 2. The predicted octanol–water partition coefficient (Wildman–Crippen LogP) is 7.60. The van der Waals surface area contributed by atoms with Crippen molar-refractivity contribution in [1.82, 2.24) is 9.80 Å². The van der Waals surface area contributed by atoms with Gasteiger partial charge in [0, 0.05) is 55.6 Å². The van der Waals surface area contributed by atoms with Crippen LogP contribution in [0.15, 0.2) is 72.8 Å². The Hall–Kier alpha value is -5.43. The van der Waals surface area contributed by atoms with E-state index in [4.69, 9.17) is 18.9 Å². The van der Waals surface area contributed by atoms with Gasteiger partial charge < -0.3 is 34.5 Å². The smallest absolute Gasteiger partial charge is 0.410 e. The summed E-state index contributed by atoms with van der Waals surface area (Å²) in [7, 11) is 1.55. The lowest BCUT2D eigenvalue weighted by atomic mass is 10.0. The zero-order chi connectivity index (χ0) is 37.8. The number of carbonyl (C=O) groups is 3. The van der Waals surface area contributed by atoms with E-state index in [0.717, 1.165) is 37.5 Å². The molecule has 2 aliphatic rings. The third-order valence-electron chi connectivity index (χ3n) is 9.16. The first-order valence-electron chi connectivity index (χ1n) is 17.6. The van der Waals surface area contributed by atoms with Gasteiger partial charge in [0.05, 0.1) is 13.7 Å². The lowest BCUT2D eigenvalue weighted by Crippen LogP contribution is -2.50. The van der Waals surface area contributed by atoms with Gasteiger partial charge in [0.1, 0.15) is 22.6 Å². The summed E-state index contributed by atoms with van der Waals surface area (Å²) in [5.74, 6) is -0.813. The molecule has 280 valence electrons. The molecule has 0 aromatic heterocycles. The molecule has 0 atom stereocenters. The number of hydrogen-bond acceptors (Lipinski definition) is 8. The van der Waals surface area contributed by atoms with Crippen molar-refractivity contribution in [3.63, 3.8) is 0 Å². The molecule has 3 amide bonds. The highest BCUT2D eigenvalue weighted by atomic mass is 19.1. The van der Waals surface area contributed by atoms with Crippen molar-refractivity contribution in [3.8, 4) is 23.0 Å². The van der Waals surface area contributed by atoms with Gasteiger partial charge in [0.15, 0.2) is 23.1 Å². The monoisotopic (exact) mass is 730 g/mol. The molecule has 53 heavy (non-hydrogen) atoms. The zero-order valence-electron chi connectivity index (χ0n) is 30.3. The number of halogens is 2. The summed E-state index contributed by atoms with van der Waals surface area (Å²) >= 11 is 0. The number of anilines is 2. The number of amides is 3.